The molecule has 1 aliphatic heterocycles. The summed E-state index contributed by atoms with van der Waals surface area (Å²) in [6.07, 6.45) is 1.48. The van der Waals surface area contributed by atoms with Crippen LogP contribution in [0.3, 0.4) is 0 Å². The Labute approximate surface area is 354 Å². The topological polar surface area (TPSA) is 73.2 Å². The van der Waals surface area contributed by atoms with Crippen LogP contribution in [0, 0.1) is 16.7 Å². The minimum atomic E-state index is -0.383. The van der Waals surface area contributed by atoms with Gasteiger partial charge in [0, 0.05) is 27.2 Å². The predicted molar refractivity (Wildman–Crippen MR) is 256 cm³/mol. The van der Waals surface area contributed by atoms with Gasteiger partial charge in [0.1, 0.15) is 5.84 Å². The number of hydrogen-bond donors (Lipinski definition) is 2. The third kappa shape index (κ3) is 6.36. The van der Waals surface area contributed by atoms with Crippen molar-refractivity contribution < 1.29 is 0 Å². The molecule has 1 unspecified atom stereocenters. The first kappa shape index (κ1) is 39.2. The normalized spacial score (nSPS) is 15.6. The minimum absolute atomic E-state index is 0.208. The zero-order valence-electron chi connectivity index (χ0n) is 36.2. The van der Waals surface area contributed by atoms with Crippen LogP contribution >= 0.6 is 0 Å². The van der Waals surface area contributed by atoms with Crippen LogP contribution in [-0.4, -0.2) is 26.6 Å². The van der Waals surface area contributed by atoms with Gasteiger partial charge < -0.3 is 9.98 Å². The summed E-state index contributed by atoms with van der Waals surface area (Å²) in [5.74, 6) is 1.74. The van der Waals surface area contributed by atoms with Crippen LogP contribution < -0.4 is 4.90 Å². The second kappa shape index (κ2) is 15.4. The van der Waals surface area contributed by atoms with E-state index in [9.17, 15) is 10.8 Å². The molecular weight excluding hydrogens is 733 g/mol. The molecular formula is C54H56N6. The molecule has 0 amide bonds. The van der Waals surface area contributed by atoms with E-state index >= 15 is 0 Å². The van der Waals surface area contributed by atoms with Gasteiger partial charge in [0.2, 0.25) is 0 Å². The average Bonchev–Trinajstić information content (AvgIpc) is 3.83. The Kier molecular flexibility index (Phi) is 10.1. The number of benzene rings is 6. The van der Waals surface area contributed by atoms with E-state index in [0.717, 1.165) is 56.6 Å². The number of anilines is 1. The van der Waals surface area contributed by atoms with Crippen molar-refractivity contribution in [1.82, 2.24) is 9.24 Å². The van der Waals surface area contributed by atoms with Gasteiger partial charge in [-0.1, -0.05) is 146 Å². The summed E-state index contributed by atoms with van der Waals surface area (Å²) in [5.41, 5.74) is 13.2. The van der Waals surface area contributed by atoms with Crippen LogP contribution in [-0.2, 0) is 6.42 Å². The molecule has 0 saturated carbocycles. The molecule has 60 heavy (non-hydrogen) atoms. The van der Waals surface area contributed by atoms with Gasteiger partial charge in [0.15, 0.2) is 5.84 Å². The van der Waals surface area contributed by atoms with E-state index in [2.05, 4.69) is 192 Å². The largest absolute Gasteiger partial charge is 0.309 e. The number of amidine groups is 2. The Morgan fingerprint density at radius 1 is 0.517 bits per heavy atom. The van der Waals surface area contributed by atoms with Crippen molar-refractivity contribution >= 4 is 66.7 Å². The highest BCUT2D eigenvalue weighted by atomic mass is 15.4. The van der Waals surface area contributed by atoms with Crippen LogP contribution in [0.4, 0.5) is 5.69 Å². The molecule has 1 fully saturated rings. The molecule has 302 valence electrons. The van der Waals surface area contributed by atoms with Gasteiger partial charge in [-0.05, 0) is 101 Å². The third-order valence-corrected chi connectivity index (χ3v) is 12.8. The molecule has 9 rings (SSSR count). The van der Waals surface area contributed by atoms with E-state index in [1.807, 2.05) is 4.90 Å². The zero-order chi connectivity index (χ0) is 42.0. The molecule has 6 heteroatoms. The number of hydrogen-bond acceptors (Lipinski definition) is 3. The fraction of sp³-hybridized carbons (Fsp3) is 0.278. The first-order valence-electron chi connectivity index (χ1n) is 21.8. The number of para-hydroxylation sites is 4. The number of fused-ring (bicyclic) bond motifs is 6. The summed E-state index contributed by atoms with van der Waals surface area (Å²) >= 11 is 0. The summed E-state index contributed by atoms with van der Waals surface area (Å²) in [4.78, 5) is 2.04. The second-order valence-electron chi connectivity index (χ2n) is 17.9. The highest BCUT2D eigenvalue weighted by Crippen LogP contribution is 2.42. The standard InChI is InChI=1S/C54H56N6/c1-32(2)37-20-15-21-38(33(3)4)41(37)28-29-45-51(55)53(56)59(52-39(34(5)6)22-16-23-40(52)35(7)8)54(45)57-60-49-26-14-11-19-44(49)46-31-36(27-30-50(46)60)58-47-24-12-9-17-42(47)43-18-10-13-25-48(43)58/h9-27,30-35,45,55-56H,28-29H2,1-8H3/b55-51?,56-53?,57-54-. The highest BCUT2D eigenvalue weighted by molar-refractivity contribution is 6.58. The van der Waals surface area contributed by atoms with Crippen molar-refractivity contribution in [1.29, 1.82) is 10.8 Å². The Morgan fingerprint density at radius 3 is 1.52 bits per heavy atom. The Morgan fingerprint density at radius 2 is 0.983 bits per heavy atom. The molecule has 0 bridgehead atoms. The monoisotopic (exact) mass is 788 g/mol. The molecule has 6 nitrogen and oxygen atoms in total. The Balaban J connectivity index is 1.28. The fourth-order valence-electron chi connectivity index (χ4n) is 9.84. The van der Waals surface area contributed by atoms with Crippen LogP contribution in [0.25, 0.3) is 49.3 Å². The van der Waals surface area contributed by atoms with Crippen LogP contribution in [0.5, 0.6) is 0 Å². The molecule has 0 aliphatic carbocycles. The molecule has 3 heterocycles. The van der Waals surface area contributed by atoms with E-state index < -0.39 is 0 Å². The molecule has 1 aliphatic rings. The molecule has 6 aromatic carbocycles. The molecule has 2 aromatic heterocycles. The van der Waals surface area contributed by atoms with Gasteiger partial charge in [-0.2, -0.15) is 5.10 Å². The van der Waals surface area contributed by atoms with Gasteiger partial charge >= 0.3 is 0 Å². The lowest BCUT2D eigenvalue weighted by Crippen LogP contribution is -2.34. The van der Waals surface area contributed by atoms with Crippen molar-refractivity contribution in [3.8, 4) is 5.69 Å². The predicted octanol–water partition coefficient (Wildman–Crippen LogP) is 14.3. The lowest BCUT2D eigenvalue weighted by atomic mass is 9.84. The van der Waals surface area contributed by atoms with Crippen molar-refractivity contribution in [3.05, 3.63) is 155 Å². The minimum Gasteiger partial charge on any atom is -0.309 e. The fourth-order valence-corrected chi connectivity index (χ4v) is 9.84. The summed E-state index contributed by atoms with van der Waals surface area (Å²) in [6, 6.07) is 45.8. The maximum Gasteiger partial charge on any atom is 0.152 e. The molecule has 0 radical (unpaired) electrons. The molecule has 8 aromatic rings. The van der Waals surface area contributed by atoms with Crippen molar-refractivity contribution in [2.24, 2.45) is 11.0 Å². The third-order valence-electron chi connectivity index (χ3n) is 12.8. The zero-order valence-corrected chi connectivity index (χ0v) is 36.2. The first-order valence-corrected chi connectivity index (χ1v) is 21.8. The van der Waals surface area contributed by atoms with Crippen LogP contribution in [0.2, 0.25) is 0 Å². The lowest BCUT2D eigenvalue weighted by molar-refractivity contribution is 0.724. The SMILES string of the molecule is CC(C)c1cccc(C(C)C)c1CCC1C(=N)C(=N)N(c2c(C(C)C)cccc2C(C)C)/C1=N\n1c2ccccc2c2cc(-n3c4ccccc4c4ccccc43)ccc21. The number of nitrogens with one attached hydrogen (secondary N) is 2. The van der Waals surface area contributed by atoms with E-state index in [-0.39, 0.29) is 23.6 Å². The van der Waals surface area contributed by atoms with Gasteiger partial charge in [0.05, 0.1) is 39.4 Å². The number of aromatic nitrogens is 2. The maximum atomic E-state index is 9.79. The number of rotatable bonds is 10. The quantitative estimate of drug-likeness (QED) is 0.142. The van der Waals surface area contributed by atoms with Gasteiger partial charge in [-0.25, -0.2) is 4.68 Å². The first-order chi connectivity index (χ1) is 29.0. The summed E-state index contributed by atoms with van der Waals surface area (Å²) in [7, 11) is 0. The maximum absolute atomic E-state index is 9.79. The van der Waals surface area contributed by atoms with E-state index in [1.54, 1.807) is 0 Å². The van der Waals surface area contributed by atoms with Crippen molar-refractivity contribution in [3.63, 3.8) is 0 Å². The van der Waals surface area contributed by atoms with E-state index in [0.29, 0.717) is 24.0 Å². The lowest BCUT2D eigenvalue weighted by Gasteiger charge is -2.28. The van der Waals surface area contributed by atoms with Crippen LogP contribution in [0.15, 0.2) is 132 Å². The Bertz CT molecular complexity index is 2900. The summed E-state index contributed by atoms with van der Waals surface area (Å²) < 4.78 is 4.46. The van der Waals surface area contributed by atoms with Gasteiger partial charge in [-0.3, -0.25) is 10.3 Å². The Hall–Kier alpha value is -6.27. The van der Waals surface area contributed by atoms with Gasteiger partial charge in [0.25, 0.3) is 0 Å². The van der Waals surface area contributed by atoms with Crippen molar-refractivity contribution in [2.45, 2.75) is 91.9 Å². The average molecular weight is 789 g/mol. The molecule has 0 spiro atoms. The van der Waals surface area contributed by atoms with E-state index in [1.165, 1.54) is 38.5 Å². The molecule has 1 saturated heterocycles. The highest BCUT2D eigenvalue weighted by Gasteiger charge is 2.43. The smallest absolute Gasteiger partial charge is 0.152 e. The molecule has 2 N–H and O–H groups in total. The van der Waals surface area contributed by atoms with E-state index in [4.69, 9.17) is 5.10 Å². The van der Waals surface area contributed by atoms with Crippen LogP contribution in [0.1, 0.15) is 113 Å². The number of nitrogens with zero attached hydrogens (tertiary/aromatic N) is 4. The summed E-state index contributed by atoms with van der Waals surface area (Å²) in [5, 5.41) is 29.9. The van der Waals surface area contributed by atoms with Gasteiger partial charge in [-0.15, -0.1) is 0 Å². The van der Waals surface area contributed by atoms with Crippen molar-refractivity contribution in [2.75, 3.05) is 4.90 Å². The molecule has 1 atom stereocenters. The second-order valence-corrected chi connectivity index (χ2v) is 17.9. The summed E-state index contributed by atoms with van der Waals surface area (Å²) in [6.45, 7) is 18.0.